The molecule has 0 spiro atoms. The van der Waals surface area contributed by atoms with Crippen LogP contribution < -0.4 is 10.1 Å². The fraction of sp³-hybridized carbons (Fsp3) is 0.524. The van der Waals surface area contributed by atoms with Crippen molar-refractivity contribution in [2.24, 2.45) is 0 Å². The summed E-state index contributed by atoms with van der Waals surface area (Å²) >= 11 is 0. The SMILES string of the molecule is COc1ccccc1-n1cc([C@H](C)NC(=O)CN(C)C2CCN(C)CC2)cn1. The Hall–Kier alpha value is -2.38. The van der Waals surface area contributed by atoms with Gasteiger partial charge in [-0.15, -0.1) is 0 Å². The molecule has 0 radical (unpaired) electrons. The Labute approximate surface area is 167 Å². The summed E-state index contributed by atoms with van der Waals surface area (Å²) in [4.78, 5) is 17.0. The lowest BCUT2D eigenvalue weighted by molar-refractivity contribution is -0.123. The molecule has 28 heavy (non-hydrogen) atoms. The van der Waals surface area contributed by atoms with Crippen molar-refractivity contribution in [3.05, 3.63) is 42.2 Å². The average Bonchev–Trinajstić information content (AvgIpc) is 3.18. The van der Waals surface area contributed by atoms with Gasteiger partial charge in [-0.25, -0.2) is 4.68 Å². The number of ether oxygens (including phenoxy) is 1. The highest BCUT2D eigenvalue weighted by Gasteiger charge is 2.22. The van der Waals surface area contributed by atoms with E-state index in [1.165, 1.54) is 0 Å². The summed E-state index contributed by atoms with van der Waals surface area (Å²) in [6.07, 6.45) is 5.95. The summed E-state index contributed by atoms with van der Waals surface area (Å²) in [5.74, 6) is 0.799. The Bertz CT molecular complexity index is 783. The van der Waals surface area contributed by atoms with Crippen molar-refractivity contribution in [3.8, 4) is 11.4 Å². The molecule has 2 aromatic rings. The predicted molar refractivity (Wildman–Crippen MR) is 110 cm³/mol. The number of amides is 1. The van der Waals surface area contributed by atoms with Crippen LogP contribution in [0.15, 0.2) is 36.7 Å². The van der Waals surface area contributed by atoms with Crippen LogP contribution in [0.5, 0.6) is 5.75 Å². The Morgan fingerprint density at radius 2 is 2.07 bits per heavy atom. The number of likely N-dealkylation sites (N-methyl/N-ethyl adjacent to an activating group) is 1. The molecule has 3 rings (SSSR count). The second-order valence-electron chi connectivity index (χ2n) is 7.63. The number of rotatable bonds is 7. The maximum atomic E-state index is 12.5. The van der Waals surface area contributed by atoms with Gasteiger partial charge in [0.25, 0.3) is 0 Å². The first-order valence-electron chi connectivity index (χ1n) is 9.84. The molecule has 7 heteroatoms. The van der Waals surface area contributed by atoms with Gasteiger partial charge in [-0.2, -0.15) is 5.10 Å². The zero-order chi connectivity index (χ0) is 20.1. The van der Waals surface area contributed by atoms with Crippen LogP contribution in [0, 0.1) is 0 Å². The molecule has 1 fully saturated rings. The van der Waals surface area contributed by atoms with Crippen LogP contribution >= 0.6 is 0 Å². The molecule has 1 aliphatic heterocycles. The van der Waals surface area contributed by atoms with Gasteiger partial charge in [-0.3, -0.25) is 9.69 Å². The van der Waals surface area contributed by atoms with Gasteiger partial charge in [0.05, 0.1) is 25.9 Å². The van der Waals surface area contributed by atoms with E-state index in [-0.39, 0.29) is 11.9 Å². The summed E-state index contributed by atoms with van der Waals surface area (Å²) in [5.41, 5.74) is 1.83. The van der Waals surface area contributed by atoms with Gasteiger partial charge < -0.3 is 15.0 Å². The number of hydrogen-bond donors (Lipinski definition) is 1. The zero-order valence-corrected chi connectivity index (χ0v) is 17.3. The summed E-state index contributed by atoms with van der Waals surface area (Å²) in [7, 11) is 5.84. The minimum Gasteiger partial charge on any atom is -0.494 e. The second kappa shape index (κ2) is 9.21. The van der Waals surface area contributed by atoms with Crippen LogP contribution in [-0.2, 0) is 4.79 Å². The lowest BCUT2D eigenvalue weighted by Gasteiger charge is -2.34. The molecule has 7 nitrogen and oxygen atoms in total. The molecule has 1 amide bonds. The fourth-order valence-electron chi connectivity index (χ4n) is 3.67. The second-order valence-corrected chi connectivity index (χ2v) is 7.63. The lowest BCUT2D eigenvalue weighted by atomic mass is 10.0. The highest BCUT2D eigenvalue weighted by atomic mass is 16.5. The van der Waals surface area contributed by atoms with Gasteiger partial charge in [-0.1, -0.05) is 12.1 Å². The summed E-state index contributed by atoms with van der Waals surface area (Å²) < 4.78 is 7.18. The monoisotopic (exact) mass is 385 g/mol. The van der Waals surface area contributed by atoms with E-state index in [2.05, 4.69) is 27.3 Å². The van der Waals surface area contributed by atoms with Gasteiger partial charge in [-0.05, 0) is 59.1 Å². The third kappa shape index (κ3) is 4.91. The number of aromatic nitrogens is 2. The smallest absolute Gasteiger partial charge is 0.234 e. The van der Waals surface area contributed by atoms with E-state index >= 15 is 0 Å². The first-order chi connectivity index (χ1) is 13.5. The van der Waals surface area contributed by atoms with E-state index in [0.717, 1.165) is 42.9 Å². The van der Waals surface area contributed by atoms with Gasteiger partial charge in [0.1, 0.15) is 11.4 Å². The van der Waals surface area contributed by atoms with Crippen molar-refractivity contribution < 1.29 is 9.53 Å². The van der Waals surface area contributed by atoms with Crippen molar-refractivity contribution in [1.29, 1.82) is 0 Å². The van der Waals surface area contributed by atoms with Crippen LogP contribution in [0.25, 0.3) is 5.69 Å². The molecule has 1 saturated heterocycles. The average molecular weight is 386 g/mol. The highest BCUT2D eigenvalue weighted by molar-refractivity contribution is 5.78. The number of hydrogen-bond acceptors (Lipinski definition) is 5. The molecule has 0 aliphatic carbocycles. The Morgan fingerprint density at radius 3 is 2.79 bits per heavy atom. The number of para-hydroxylation sites is 2. The number of benzene rings is 1. The van der Waals surface area contributed by atoms with Crippen LogP contribution in [0.3, 0.4) is 0 Å². The molecule has 1 atom stereocenters. The number of nitrogens with zero attached hydrogens (tertiary/aromatic N) is 4. The normalized spacial score (nSPS) is 16.9. The minimum absolute atomic E-state index is 0.0407. The maximum absolute atomic E-state index is 12.5. The molecule has 1 aromatic carbocycles. The van der Waals surface area contributed by atoms with Gasteiger partial charge in [0, 0.05) is 17.8 Å². The van der Waals surface area contributed by atoms with E-state index in [1.54, 1.807) is 18.0 Å². The van der Waals surface area contributed by atoms with Crippen molar-refractivity contribution in [2.75, 3.05) is 40.8 Å². The van der Waals surface area contributed by atoms with Gasteiger partial charge in [0.2, 0.25) is 5.91 Å². The first kappa shape index (κ1) is 20.4. The zero-order valence-electron chi connectivity index (χ0n) is 17.3. The number of carbonyl (C=O) groups excluding carboxylic acids is 1. The number of carbonyl (C=O) groups is 1. The maximum Gasteiger partial charge on any atom is 0.234 e. The van der Waals surface area contributed by atoms with E-state index < -0.39 is 0 Å². The van der Waals surface area contributed by atoms with Crippen LogP contribution in [0.1, 0.15) is 31.4 Å². The number of likely N-dealkylation sites (tertiary alicyclic amines) is 1. The number of methoxy groups -OCH3 is 1. The molecule has 152 valence electrons. The highest BCUT2D eigenvalue weighted by Crippen LogP contribution is 2.23. The Kier molecular flexibility index (Phi) is 6.70. The van der Waals surface area contributed by atoms with Crippen molar-refractivity contribution in [1.82, 2.24) is 24.9 Å². The quantitative estimate of drug-likeness (QED) is 0.791. The van der Waals surface area contributed by atoms with Crippen LogP contribution in [-0.4, -0.2) is 72.4 Å². The Morgan fingerprint density at radius 1 is 1.36 bits per heavy atom. The van der Waals surface area contributed by atoms with Crippen molar-refractivity contribution >= 4 is 5.91 Å². The topological polar surface area (TPSA) is 62.6 Å². The molecule has 0 saturated carbocycles. The standard InChI is InChI=1S/C21H31N5O2/c1-16(23-21(27)15-25(3)18-9-11-24(2)12-10-18)17-13-22-26(14-17)19-7-5-6-8-20(19)28-4/h5-8,13-14,16,18H,9-12,15H2,1-4H3,(H,23,27)/t16-/m0/s1. The largest absolute Gasteiger partial charge is 0.494 e. The molecule has 1 aliphatic rings. The molecule has 0 bridgehead atoms. The molecule has 1 aromatic heterocycles. The molecule has 0 unspecified atom stereocenters. The van der Waals surface area contributed by atoms with Crippen molar-refractivity contribution in [3.63, 3.8) is 0 Å². The molecule has 1 N–H and O–H groups in total. The molecular weight excluding hydrogens is 354 g/mol. The molecule has 2 heterocycles. The minimum atomic E-state index is -0.109. The van der Waals surface area contributed by atoms with E-state index in [0.29, 0.717) is 12.6 Å². The summed E-state index contributed by atoms with van der Waals surface area (Å²) in [6.45, 7) is 4.58. The van der Waals surface area contributed by atoms with Crippen molar-refractivity contribution in [2.45, 2.75) is 31.8 Å². The fourth-order valence-corrected chi connectivity index (χ4v) is 3.67. The van der Waals surface area contributed by atoms with E-state index in [9.17, 15) is 4.79 Å². The van der Waals surface area contributed by atoms with Crippen LogP contribution in [0.2, 0.25) is 0 Å². The van der Waals surface area contributed by atoms with E-state index in [1.807, 2.05) is 44.4 Å². The predicted octanol–water partition coefficient (Wildman–Crippen LogP) is 2.08. The molecular formula is C21H31N5O2. The summed E-state index contributed by atoms with van der Waals surface area (Å²) in [5, 5.41) is 7.53. The summed E-state index contributed by atoms with van der Waals surface area (Å²) in [6, 6.07) is 8.10. The Balaban J connectivity index is 1.57. The third-order valence-corrected chi connectivity index (χ3v) is 5.52. The van der Waals surface area contributed by atoms with Gasteiger partial charge in [0.15, 0.2) is 0 Å². The first-order valence-corrected chi connectivity index (χ1v) is 9.84. The third-order valence-electron chi connectivity index (χ3n) is 5.52. The van der Waals surface area contributed by atoms with Gasteiger partial charge >= 0.3 is 0 Å². The lowest BCUT2D eigenvalue weighted by Crippen LogP contribution is -2.46. The number of nitrogens with one attached hydrogen (secondary N) is 1. The van der Waals surface area contributed by atoms with Crippen LogP contribution in [0.4, 0.5) is 0 Å². The van der Waals surface area contributed by atoms with E-state index in [4.69, 9.17) is 4.74 Å². The number of piperidine rings is 1.